The third-order valence-corrected chi connectivity index (χ3v) is 10.8. The molecule has 4 aromatic rings. The van der Waals surface area contributed by atoms with Crippen LogP contribution in [-0.2, 0) is 19.6 Å². The molecule has 1 aliphatic carbocycles. The standard InChI is InChI=1S/C17H17ClFNO4.C14H10F4N4O7S.C8H6Cl2O3/c1-9(2)15-16(21)20(17(22)24-15)13-8-14(11(18)7-12(13)19)23-10-5-3-4-6-10;15-11(16)28-8-5-9(29-12(17)18)20-13(19-8)21-14(25)22-30(26,27)7-4-2-1-3-6(7)10(23)24;1-13-7-5(10)3-2-4(9)6(7)8(11)12/h7-8,10H,3-6H2,1-2H3;1-5,11-12H,(H,23,24)(H2,19,20,21,22,25);2-3H,1H3,(H,11,12). The topological polar surface area (TPSA) is 259 Å². The molecule has 2 aliphatic rings. The van der Waals surface area contributed by atoms with Gasteiger partial charge in [0.2, 0.25) is 17.7 Å². The van der Waals surface area contributed by atoms with Gasteiger partial charge in [0, 0.05) is 6.07 Å². The van der Waals surface area contributed by atoms with E-state index >= 15 is 0 Å². The van der Waals surface area contributed by atoms with Crippen molar-refractivity contribution in [1.29, 1.82) is 0 Å². The summed E-state index contributed by atoms with van der Waals surface area (Å²) in [6.07, 6.45) is 3.00. The van der Waals surface area contributed by atoms with Gasteiger partial charge < -0.3 is 33.9 Å². The summed E-state index contributed by atoms with van der Waals surface area (Å²) in [6, 6.07) is 8.44. The quantitative estimate of drug-likeness (QED) is 0.0718. The lowest BCUT2D eigenvalue weighted by Crippen LogP contribution is -2.35. The summed E-state index contributed by atoms with van der Waals surface area (Å²) in [5.74, 6) is -6.86. The molecular weight excluding hydrogens is 996 g/mol. The Morgan fingerprint density at radius 3 is 1.96 bits per heavy atom. The first-order chi connectivity index (χ1) is 31.4. The number of aromatic carboxylic acids is 2. The van der Waals surface area contributed by atoms with Crippen LogP contribution in [-0.4, -0.2) is 85.0 Å². The minimum Gasteiger partial charge on any atom is -0.494 e. The average molecular weight is 1030 g/mol. The van der Waals surface area contributed by atoms with Crippen molar-refractivity contribution in [3.05, 3.63) is 97.9 Å². The first-order valence-corrected chi connectivity index (χ1v) is 21.1. The highest BCUT2D eigenvalue weighted by atomic mass is 35.5. The lowest BCUT2D eigenvalue weighted by Gasteiger charge is -2.18. The number of hydrogen-bond acceptors (Lipinski definition) is 14. The number of benzene rings is 3. The van der Waals surface area contributed by atoms with Crippen molar-refractivity contribution in [2.45, 2.75) is 63.8 Å². The highest BCUT2D eigenvalue weighted by Gasteiger charge is 2.40. The highest BCUT2D eigenvalue weighted by molar-refractivity contribution is 7.90. The van der Waals surface area contributed by atoms with E-state index in [1.807, 2.05) is 0 Å². The van der Waals surface area contributed by atoms with E-state index in [0.29, 0.717) is 16.5 Å². The lowest BCUT2D eigenvalue weighted by atomic mass is 10.2. The Morgan fingerprint density at radius 1 is 0.866 bits per heavy atom. The van der Waals surface area contributed by atoms with Gasteiger partial charge in [-0.25, -0.2) is 41.6 Å². The van der Waals surface area contributed by atoms with Crippen LogP contribution in [0.15, 0.2) is 70.8 Å². The molecule has 4 amide bonds. The van der Waals surface area contributed by atoms with Crippen molar-refractivity contribution in [3.8, 4) is 23.3 Å². The SMILES string of the molecule is CC(C)=C1OC(=O)N(c2cc(OC3CCCC3)c(Cl)cc2F)C1=O.COc1c(Cl)ccc(Cl)c1C(=O)O.O=C(Nc1nc(OC(F)F)cc(OC(F)F)n1)NS(=O)(=O)c1ccccc1C(=O)O. The molecule has 1 aliphatic heterocycles. The van der Waals surface area contributed by atoms with Crippen LogP contribution in [0.25, 0.3) is 0 Å². The maximum Gasteiger partial charge on any atom is 0.427 e. The molecule has 1 saturated heterocycles. The zero-order chi connectivity index (χ0) is 49.9. The first kappa shape index (κ1) is 52.9. The Labute approximate surface area is 390 Å². The van der Waals surface area contributed by atoms with Gasteiger partial charge in [0.25, 0.3) is 10.0 Å². The average Bonchev–Trinajstić information content (AvgIpc) is 3.85. The van der Waals surface area contributed by atoms with E-state index < -0.39 is 87.2 Å². The molecule has 0 unspecified atom stereocenters. The van der Waals surface area contributed by atoms with Gasteiger partial charge in [0.1, 0.15) is 22.0 Å². The number of carboxylic acid groups (broad SMARTS) is 2. The third-order valence-electron chi connectivity index (χ3n) is 8.50. The van der Waals surface area contributed by atoms with Crippen LogP contribution in [0.2, 0.25) is 15.1 Å². The number of cyclic esters (lactones) is 1. The summed E-state index contributed by atoms with van der Waals surface area (Å²) < 4.78 is 113. The molecule has 360 valence electrons. The molecule has 2 heterocycles. The number of alkyl halides is 4. The van der Waals surface area contributed by atoms with Gasteiger partial charge in [0.15, 0.2) is 11.5 Å². The number of nitrogens with zero attached hydrogens (tertiary/aromatic N) is 3. The van der Waals surface area contributed by atoms with Crippen LogP contribution in [0, 0.1) is 5.82 Å². The number of nitrogens with one attached hydrogen (secondary N) is 2. The second-order valence-electron chi connectivity index (χ2n) is 13.3. The number of allylic oxidation sites excluding steroid dienone is 1. The van der Waals surface area contributed by atoms with E-state index in [1.165, 1.54) is 42.2 Å². The fourth-order valence-corrected chi connectivity index (χ4v) is 7.49. The van der Waals surface area contributed by atoms with Crippen molar-refractivity contribution in [3.63, 3.8) is 0 Å². The normalized spacial score (nSPS) is 13.5. The number of carboxylic acids is 2. The molecule has 4 N–H and O–H groups in total. The van der Waals surface area contributed by atoms with E-state index in [-0.39, 0.29) is 49.7 Å². The van der Waals surface area contributed by atoms with Crippen molar-refractivity contribution in [1.82, 2.24) is 14.7 Å². The molecule has 28 heteroatoms. The molecule has 0 bridgehead atoms. The zero-order valence-corrected chi connectivity index (χ0v) is 37.4. The first-order valence-electron chi connectivity index (χ1n) is 18.5. The largest absolute Gasteiger partial charge is 0.494 e. The number of halogens is 8. The van der Waals surface area contributed by atoms with Gasteiger partial charge in [0.05, 0.1) is 45.6 Å². The van der Waals surface area contributed by atoms with Crippen LogP contribution in [0.5, 0.6) is 23.3 Å². The van der Waals surface area contributed by atoms with Gasteiger partial charge in [-0.15, -0.1) is 0 Å². The van der Waals surface area contributed by atoms with Crippen molar-refractivity contribution in [2.24, 2.45) is 0 Å². The molecule has 19 nitrogen and oxygen atoms in total. The Hall–Kier alpha value is -6.70. The van der Waals surface area contributed by atoms with Gasteiger partial charge in [-0.2, -0.15) is 27.5 Å². The number of imide groups is 1. The van der Waals surface area contributed by atoms with Gasteiger partial charge >= 0.3 is 43.2 Å². The number of urea groups is 1. The molecular formula is C39H33Cl3F5N5O14S. The Morgan fingerprint density at radius 2 is 1.45 bits per heavy atom. The Kier molecular flexibility index (Phi) is 18.3. The van der Waals surface area contributed by atoms with E-state index in [2.05, 4.69) is 19.4 Å². The Bertz CT molecular complexity index is 2660. The van der Waals surface area contributed by atoms with Gasteiger partial charge in [-0.05, 0) is 75.4 Å². The van der Waals surface area contributed by atoms with Crippen LogP contribution in [0.1, 0.15) is 60.2 Å². The number of hydrogen-bond donors (Lipinski definition) is 4. The maximum atomic E-state index is 14.3. The van der Waals surface area contributed by atoms with Crippen molar-refractivity contribution >= 4 is 86.4 Å². The van der Waals surface area contributed by atoms with Crippen LogP contribution < -0.4 is 33.9 Å². The number of amides is 4. The van der Waals surface area contributed by atoms with E-state index in [1.54, 1.807) is 19.2 Å². The summed E-state index contributed by atoms with van der Waals surface area (Å²) in [5.41, 5.74) is -0.447. The minimum absolute atomic E-state index is 0.00962. The number of carbonyl (C=O) groups is 5. The second kappa shape index (κ2) is 23.2. The number of anilines is 2. The number of methoxy groups -OCH3 is 1. The zero-order valence-electron chi connectivity index (χ0n) is 34.3. The number of ether oxygens (including phenoxy) is 5. The van der Waals surface area contributed by atoms with Gasteiger partial charge in [-0.1, -0.05) is 46.9 Å². The van der Waals surface area contributed by atoms with Crippen LogP contribution >= 0.6 is 34.8 Å². The Balaban J connectivity index is 0.000000236. The van der Waals surface area contributed by atoms with Crippen LogP contribution in [0.3, 0.4) is 0 Å². The molecule has 67 heavy (non-hydrogen) atoms. The summed E-state index contributed by atoms with van der Waals surface area (Å²) in [6.45, 7) is -3.55. The molecule has 2 fully saturated rings. The van der Waals surface area contributed by atoms with E-state index in [9.17, 15) is 54.3 Å². The predicted octanol–water partition coefficient (Wildman–Crippen LogP) is 9.17. The molecule has 3 aromatic carbocycles. The highest BCUT2D eigenvalue weighted by Crippen LogP contribution is 2.38. The van der Waals surface area contributed by atoms with Crippen LogP contribution in [0.4, 0.5) is 43.2 Å². The van der Waals surface area contributed by atoms with E-state index in [0.717, 1.165) is 43.9 Å². The number of aromatic nitrogens is 2. The predicted molar refractivity (Wildman–Crippen MR) is 225 cm³/mol. The lowest BCUT2D eigenvalue weighted by molar-refractivity contribution is -0.115. The molecule has 0 atom stereocenters. The van der Waals surface area contributed by atoms with Gasteiger partial charge in [-0.3, -0.25) is 10.1 Å². The molecule has 0 radical (unpaired) electrons. The smallest absolute Gasteiger partial charge is 0.427 e. The fraction of sp³-hybridized carbons (Fsp3) is 0.256. The molecule has 1 aromatic heterocycles. The number of sulfonamides is 1. The van der Waals surface area contributed by atoms with Crippen molar-refractivity contribution < 1.29 is 88.2 Å². The third kappa shape index (κ3) is 14.2. The monoisotopic (exact) mass is 1030 g/mol. The summed E-state index contributed by atoms with van der Waals surface area (Å²) in [4.78, 5) is 64.6. The summed E-state index contributed by atoms with van der Waals surface area (Å²) in [7, 11) is -3.38. The molecule has 6 rings (SSSR count). The fourth-order valence-electron chi connectivity index (χ4n) is 5.73. The van der Waals surface area contributed by atoms with Crippen molar-refractivity contribution in [2.75, 3.05) is 17.3 Å². The number of carbonyl (C=O) groups excluding carboxylic acids is 3. The van der Waals surface area contributed by atoms with E-state index in [4.69, 9.17) is 59.2 Å². The molecule has 0 spiro atoms. The second-order valence-corrected chi connectivity index (χ2v) is 16.2. The minimum atomic E-state index is -4.71. The summed E-state index contributed by atoms with van der Waals surface area (Å²) in [5, 5.41) is 19.9. The molecule has 1 saturated carbocycles. The number of rotatable bonds is 13. The maximum absolute atomic E-state index is 14.3. The summed E-state index contributed by atoms with van der Waals surface area (Å²) >= 11 is 17.4.